The van der Waals surface area contributed by atoms with Gasteiger partial charge < -0.3 is 4.42 Å². The van der Waals surface area contributed by atoms with Gasteiger partial charge in [0.2, 0.25) is 0 Å². The zero-order chi connectivity index (χ0) is 14.4. The van der Waals surface area contributed by atoms with E-state index < -0.39 is 0 Å². The molecule has 0 bridgehead atoms. The van der Waals surface area contributed by atoms with Crippen molar-refractivity contribution >= 4 is 49.5 Å². The number of benzene rings is 3. The summed E-state index contributed by atoms with van der Waals surface area (Å²) in [5, 5.41) is 2.75. The molecule has 0 N–H and O–H groups in total. The van der Waals surface area contributed by atoms with E-state index in [-0.39, 0.29) is 0 Å². The molecular weight excluding hydrogens is 348 g/mol. The van der Waals surface area contributed by atoms with Gasteiger partial charge in [-0.3, -0.25) is 0 Å². The zero-order valence-corrected chi connectivity index (χ0v) is 13.3. The maximum Gasteiger partial charge on any atom is 0.136 e. The largest absolute Gasteiger partial charge is 0.456 e. The van der Waals surface area contributed by atoms with Gasteiger partial charge in [0.1, 0.15) is 11.2 Å². The Kier molecular flexibility index (Phi) is 3.02. The first-order valence-electron chi connectivity index (χ1n) is 6.60. The smallest absolute Gasteiger partial charge is 0.136 e. The molecule has 0 fully saturated rings. The van der Waals surface area contributed by atoms with Gasteiger partial charge in [-0.05, 0) is 29.8 Å². The number of fused-ring (bicyclic) bond motifs is 3. The number of rotatable bonds is 1. The van der Waals surface area contributed by atoms with Crippen molar-refractivity contribution < 1.29 is 4.42 Å². The van der Waals surface area contributed by atoms with Gasteiger partial charge in [0.25, 0.3) is 0 Å². The standard InChI is InChI=1S/C18H10BrClO/c19-14-7-3-1-5-11(14)12-9-10-16-17(18(12)20)13-6-2-4-8-15(13)21-16/h1-10H. The molecule has 4 rings (SSSR count). The third kappa shape index (κ3) is 1.98. The quantitative estimate of drug-likeness (QED) is 0.371. The van der Waals surface area contributed by atoms with E-state index >= 15 is 0 Å². The van der Waals surface area contributed by atoms with Crippen molar-refractivity contribution in [3.63, 3.8) is 0 Å². The summed E-state index contributed by atoms with van der Waals surface area (Å²) in [4.78, 5) is 0. The monoisotopic (exact) mass is 356 g/mol. The summed E-state index contributed by atoms with van der Waals surface area (Å²) in [6.07, 6.45) is 0. The fourth-order valence-corrected chi connectivity index (χ4v) is 3.52. The molecule has 0 atom stereocenters. The van der Waals surface area contributed by atoms with Crippen LogP contribution in [0.3, 0.4) is 0 Å². The van der Waals surface area contributed by atoms with E-state index in [1.165, 1.54) is 0 Å². The van der Waals surface area contributed by atoms with Gasteiger partial charge in [0, 0.05) is 20.8 Å². The summed E-state index contributed by atoms with van der Waals surface area (Å²) in [5.41, 5.74) is 3.76. The van der Waals surface area contributed by atoms with E-state index in [2.05, 4.69) is 22.0 Å². The first-order valence-corrected chi connectivity index (χ1v) is 7.77. The summed E-state index contributed by atoms with van der Waals surface area (Å²) in [7, 11) is 0. The molecule has 0 saturated heterocycles. The molecule has 1 heterocycles. The SMILES string of the molecule is Clc1c(-c2ccccc2Br)ccc2oc3ccccc3c12. The summed E-state index contributed by atoms with van der Waals surface area (Å²) in [5.74, 6) is 0. The van der Waals surface area contributed by atoms with Crippen LogP contribution in [0.5, 0.6) is 0 Å². The number of halogens is 2. The van der Waals surface area contributed by atoms with Gasteiger partial charge in [0.05, 0.1) is 5.02 Å². The minimum absolute atomic E-state index is 0.726. The van der Waals surface area contributed by atoms with Crippen LogP contribution in [0, 0.1) is 0 Å². The highest BCUT2D eigenvalue weighted by molar-refractivity contribution is 9.10. The molecule has 0 aliphatic rings. The Bertz CT molecular complexity index is 971. The lowest BCUT2D eigenvalue weighted by atomic mass is 10.0. The number of furan rings is 1. The van der Waals surface area contributed by atoms with Gasteiger partial charge in [-0.1, -0.05) is 63.9 Å². The minimum Gasteiger partial charge on any atom is -0.456 e. The maximum absolute atomic E-state index is 6.69. The van der Waals surface area contributed by atoms with Crippen molar-refractivity contribution in [1.29, 1.82) is 0 Å². The lowest BCUT2D eigenvalue weighted by Crippen LogP contribution is -1.82. The topological polar surface area (TPSA) is 13.1 Å². The van der Waals surface area contributed by atoms with E-state index in [0.717, 1.165) is 42.6 Å². The molecule has 3 aromatic carbocycles. The van der Waals surface area contributed by atoms with E-state index in [9.17, 15) is 0 Å². The predicted molar refractivity (Wildman–Crippen MR) is 91.9 cm³/mol. The second-order valence-electron chi connectivity index (χ2n) is 4.88. The van der Waals surface area contributed by atoms with Gasteiger partial charge in [-0.2, -0.15) is 0 Å². The van der Waals surface area contributed by atoms with Crippen LogP contribution in [0.15, 0.2) is 69.6 Å². The Morgan fingerprint density at radius 3 is 2.38 bits per heavy atom. The van der Waals surface area contributed by atoms with Crippen molar-refractivity contribution in [3.8, 4) is 11.1 Å². The van der Waals surface area contributed by atoms with Crippen LogP contribution in [0.25, 0.3) is 33.1 Å². The predicted octanol–water partition coefficient (Wildman–Crippen LogP) is 6.67. The molecular formula is C18H10BrClO. The van der Waals surface area contributed by atoms with E-state index in [4.69, 9.17) is 16.0 Å². The van der Waals surface area contributed by atoms with Crippen molar-refractivity contribution in [3.05, 3.63) is 70.2 Å². The molecule has 1 aromatic heterocycles. The number of hydrogen-bond acceptors (Lipinski definition) is 1. The Morgan fingerprint density at radius 2 is 1.52 bits per heavy atom. The summed E-state index contributed by atoms with van der Waals surface area (Å²) in [6, 6.07) is 20.0. The summed E-state index contributed by atoms with van der Waals surface area (Å²) in [6.45, 7) is 0. The lowest BCUT2D eigenvalue weighted by Gasteiger charge is -2.07. The summed E-state index contributed by atoms with van der Waals surface area (Å²) >= 11 is 10.3. The molecule has 4 aromatic rings. The lowest BCUT2D eigenvalue weighted by molar-refractivity contribution is 0.669. The number of hydrogen-bond donors (Lipinski definition) is 0. The molecule has 21 heavy (non-hydrogen) atoms. The Labute approximate surface area is 135 Å². The van der Waals surface area contributed by atoms with Crippen molar-refractivity contribution in [2.24, 2.45) is 0 Å². The third-order valence-corrected chi connectivity index (χ3v) is 4.73. The third-order valence-electron chi connectivity index (χ3n) is 3.64. The van der Waals surface area contributed by atoms with Gasteiger partial charge >= 0.3 is 0 Å². The number of para-hydroxylation sites is 1. The van der Waals surface area contributed by atoms with Gasteiger partial charge in [-0.15, -0.1) is 0 Å². The molecule has 0 amide bonds. The van der Waals surface area contributed by atoms with Crippen LogP contribution in [0.2, 0.25) is 5.02 Å². The molecule has 0 unspecified atom stereocenters. The fourth-order valence-electron chi connectivity index (χ4n) is 2.66. The molecule has 0 saturated carbocycles. The molecule has 1 nitrogen and oxygen atoms in total. The highest BCUT2D eigenvalue weighted by Crippen LogP contribution is 2.41. The highest BCUT2D eigenvalue weighted by Gasteiger charge is 2.15. The first-order chi connectivity index (χ1) is 10.3. The Hall–Kier alpha value is -1.77. The van der Waals surface area contributed by atoms with Crippen molar-refractivity contribution in [2.45, 2.75) is 0 Å². The van der Waals surface area contributed by atoms with E-state index in [0.29, 0.717) is 0 Å². The molecule has 3 heteroatoms. The average molecular weight is 358 g/mol. The Balaban J connectivity index is 2.11. The van der Waals surface area contributed by atoms with Crippen LogP contribution in [0.4, 0.5) is 0 Å². The molecule has 0 aliphatic carbocycles. The zero-order valence-electron chi connectivity index (χ0n) is 10.9. The molecule has 0 spiro atoms. The van der Waals surface area contributed by atoms with Crippen LogP contribution in [-0.4, -0.2) is 0 Å². The highest BCUT2D eigenvalue weighted by atomic mass is 79.9. The maximum atomic E-state index is 6.69. The van der Waals surface area contributed by atoms with E-state index in [1.807, 2.05) is 54.6 Å². The van der Waals surface area contributed by atoms with Crippen LogP contribution in [-0.2, 0) is 0 Å². The van der Waals surface area contributed by atoms with Crippen molar-refractivity contribution in [1.82, 2.24) is 0 Å². The van der Waals surface area contributed by atoms with Crippen LogP contribution < -0.4 is 0 Å². The normalized spacial score (nSPS) is 11.3. The first kappa shape index (κ1) is 12.9. The molecule has 0 aliphatic heterocycles. The van der Waals surface area contributed by atoms with Crippen molar-refractivity contribution in [2.75, 3.05) is 0 Å². The second-order valence-corrected chi connectivity index (χ2v) is 6.11. The minimum atomic E-state index is 0.726. The molecule has 0 radical (unpaired) electrons. The summed E-state index contributed by atoms with van der Waals surface area (Å²) < 4.78 is 6.89. The van der Waals surface area contributed by atoms with Gasteiger partial charge in [-0.25, -0.2) is 0 Å². The van der Waals surface area contributed by atoms with Crippen LogP contribution in [0.1, 0.15) is 0 Å². The fraction of sp³-hybridized carbons (Fsp3) is 0. The Morgan fingerprint density at radius 1 is 0.762 bits per heavy atom. The van der Waals surface area contributed by atoms with E-state index in [1.54, 1.807) is 0 Å². The molecule has 102 valence electrons. The average Bonchev–Trinajstić information content (AvgIpc) is 2.88. The van der Waals surface area contributed by atoms with Crippen LogP contribution >= 0.6 is 27.5 Å². The second kappa shape index (κ2) is 4.90. The van der Waals surface area contributed by atoms with Gasteiger partial charge in [0.15, 0.2) is 0 Å².